The number of aryl methyl sites for hydroxylation is 1. The van der Waals surface area contributed by atoms with E-state index in [9.17, 15) is 0 Å². The Morgan fingerprint density at radius 2 is 1.90 bits per heavy atom. The summed E-state index contributed by atoms with van der Waals surface area (Å²) >= 11 is 0. The van der Waals surface area contributed by atoms with Gasteiger partial charge in [-0.25, -0.2) is 0 Å². The Labute approximate surface area is 184 Å². The number of methoxy groups -OCH3 is 2. The Kier molecular flexibility index (Phi) is 8.49. The van der Waals surface area contributed by atoms with E-state index < -0.39 is 0 Å². The molecule has 1 saturated heterocycles. The molecule has 2 aromatic rings. The summed E-state index contributed by atoms with van der Waals surface area (Å²) in [7, 11) is 5.09. The number of pyridine rings is 1. The fraction of sp³-hybridized carbons (Fsp3) is 0.478. The van der Waals surface area contributed by atoms with Crippen molar-refractivity contribution < 1.29 is 14.2 Å². The van der Waals surface area contributed by atoms with E-state index >= 15 is 0 Å². The number of morpholine rings is 1. The molecular weight excluding hydrogens is 394 g/mol. The average Bonchev–Trinajstić information content (AvgIpc) is 2.81. The number of hydrogen-bond donors (Lipinski definition) is 2. The van der Waals surface area contributed by atoms with Gasteiger partial charge in [0.05, 0.1) is 45.7 Å². The molecule has 1 atom stereocenters. The van der Waals surface area contributed by atoms with Crippen LogP contribution >= 0.6 is 0 Å². The van der Waals surface area contributed by atoms with Crippen LogP contribution in [-0.4, -0.2) is 70.0 Å². The van der Waals surface area contributed by atoms with Crippen molar-refractivity contribution in [3.63, 3.8) is 0 Å². The smallest absolute Gasteiger partial charge is 0.191 e. The molecule has 0 radical (unpaired) electrons. The van der Waals surface area contributed by atoms with Crippen molar-refractivity contribution in [1.29, 1.82) is 0 Å². The second-order valence-corrected chi connectivity index (χ2v) is 7.36. The first-order valence-electron chi connectivity index (χ1n) is 10.6. The van der Waals surface area contributed by atoms with Gasteiger partial charge in [-0.1, -0.05) is 12.1 Å². The minimum atomic E-state index is 0.138. The number of nitrogens with one attached hydrogen (secondary N) is 2. The van der Waals surface area contributed by atoms with Crippen LogP contribution in [0.2, 0.25) is 0 Å². The van der Waals surface area contributed by atoms with Crippen LogP contribution in [0.5, 0.6) is 11.5 Å². The summed E-state index contributed by atoms with van der Waals surface area (Å²) in [6.07, 6.45) is 0. The molecule has 0 bridgehead atoms. The largest absolute Gasteiger partial charge is 0.493 e. The van der Waals surface area contributed by atoms with Gasteiger partial charge in [0.15, 0.2) is 17.5 Å². The summed E-state index contributed by atoms with van der Waals surface area (Å²) in [5.74, 6) is 2.19. The number of benzene rings is 1. The number of nitrogens with zero attached hydrogens (tertiary/aromatic N) is 3. The number of aromatic nitrogens is 1. The quantitative estimate of drug-likeness (QED) is 0.494. The van der Waals surface area contributed by atoms with Gasteiger partial charge in [0.1, 0.15) is 0 Å². The molecule has 31 heavy (non-hydrogen) atoms. The van der Waals surface area contributed by atoms with Gasteiger partial charge in [0, 0.05) is 32.4 Å². The van der Waals surface area contributed by atoms with Crippen LogP contribution in [0.3, 0.4) is 0 Å². The van der Waals surface area contributed by atoms with Crippen LogP contribution in [0.15, 0.2) is 41.4 Å². The summed E-state index contributed by atoms with van der Waals surface area (Å²) in [4.78, 5) is 11.3. The zero-order valence-electron chi connectivity index (χ0n) is 18.9. The highest BCUT2D eigenvalue weighted by atomic mass is 16.5. The maximum atomic E-state index is 5.56. The second-order valence-electron chi connectivity index (χ2n) is 7.36. The minimum Gasteiger partial charge on any atom is -0.493 e. The van der Waals surface area contributed by atoms with Crippen molar-refractivity contribution in [2.75, 3.05) is 54.1 Å². The minimum absolute atomic E-state index is 0.138. The van der Waals surface area contributed by atoms with Gasteiger partial charge in [0.2, 0.25) is 0 Å². The summed E-state index contributed by atoms with van der Waals surface area (Å²) in [5.41, 5.74) is 3.14. The lowest BCUT2D eigenvalue weighted by molar-refractivity contribution is 0.0169. The molecule has 168 valence electrons. The van der Waals surface area contributed by atoms with Gasteiger partial charge in [-0.15, -0.1) is 0 Å². The van der Waals surface area contributed by atoms with E-state index in [-0.39, 0.29) is 6.04 Å². The zero-order valence-corrected chi connectivity index (χ0v) is 18.9. The Balaban J connectivity index is 1.70. The molecule has 1 aromatic heterocycles. The van der Waals surface area contributed by atoms with E-state index in [0.29, 0.717) is 13.1 Å². The molecule has 3 rings (SSSR count). The van der Waals surface area contributed by atoms with E-state index in [1.807, 2.05) is 37.3 Å². The van der Waals surface area contributed by atoms with Crippen LogP contribution in [-0.2, 0) is 11.3 Å². The Bertz CT molecular complexity index is 868. The highest BCUT2D eigenvalue weighted by Gasteiger charge is 2.24. The highest BCUT2D eigenvalue weighted by molar-refractivity contribution is 5.79. The van der Waals surface area contributed by atoms with E-state index in [0.717, 1.165) is 60.7 Å². The average molecular weight is 428 g/mol. The first kappa shape index (κ1) is 22.8. The van der Waals surface area contributed by atoms with Crippen LogP contribution in [0.1, 0.15) is 23.0 Å². The van der Waals surface area contributed by atoms with E-state index in [2.05, 4.69) is 31.6 Å². The lowest BCUT2D eigenvalue weighted by Gasteiger charge is -2.35. The Hall–Kier alpha value is -2.84. The third-order valence-corrected chi connectivity index (χ3v) is 5.35. The molecule has 1 aliphatic heterocycles. The number of aliphatic imine (C=N–C) groups is 1. The fourth-order valence-electron chi connectivity index (χ4n) is 3.69. The molecule has 0 amide bonds. The third-order valence-electron chi connectivity index (χ3n) is 5.35. The van der Waals surface area contributed by atoms with E-state index in [1.54, 1.807) is 21.3 Å². The van der Waals surface area contributed by atoms with Crippen LogP contribution in [0.4, 0.5) is 0 Å². The van der Waals surface area contributed by atoms with Gasteiger partial charge in [-0.05, 0) is 36.8 Å². The molecular formula is C23H33N5O3. The predicted molar refractivity (Wildman–Crippen MR) is 122 cm³/mol. The number of guanidine groups is 1. The first-order chi connectivity index (χ1) is 15.1. The molecule has 1 aromatic carbocycles. The molecule has 1 unspecified atom stereocenters. The van der Waals surface area contributed by atoms with Crippen molar-refractivity contribution in [1.82, 2.24) is 20.5 Å². The standard InChI is InChI=1S/C23H33N5O3/c1-17-6-5-7-19(27-17)15-25-23(24-2)26-16-20(28-10-12-31-13-11-28)18-8-9-21(29-3)22(14-18)30-4/h5-9,14,20H,10-13,15-16H2,1-4H3,(H2,24,25,26). The summed E-state index contributed by atoms with van der Waals surface area (Å²) < 4.78 is 16.5. The van der Waals surface area contributed by atoms with Crippen molar-refractivity contribution >= 4 is 5.96 Å². The van der Waals surface area contributed by atoms with Gasteiger partial charge >= 0.3 is 0 Å². The highest BCUT2D eigenvalue weighted by Crippen LogP contribution is 2.32. The monoisotopic (exact) mass is 427 g/mol. The van der Waals surface area contributed by atoms with Crippen LogP contribution in [0, 0.1) is 6.92 Å². The Morgan fingerprint density at radius 3 is 2.58 bits per heavy atom. The maximum Gasteiger partial charge on any atom is 0.191 e. The van der Waals surface area contributed by atoms with Crippen molar-refractivity contribution in [2.24, 2.45) is 4.99 Å². The van der Waals surface area contributed by atoms with Gasteiger partial charge in [-0.3, -0.25) is 14.9 Å². The molecule has 2 N–H and O–H groups in total. The molecule has 0 spiro atoms. The maximum absolute atomic E-state index is 5.56. The molecule has 0 saturated carbocycles. The molecule has 8 heteroatoms. The molecule has 8 nitrogen and oxygen atoms in total. The fourth-order valence-corrected chi connectivity index (χ4v) is 3.69. The molecule has 1 aliphatic rings. The predicted octanol–water partition coefficient (Wildman–Crippen LogP) is 2.15. The molecule has 2 heterocycles. The number of rotatable bonds is 8. The summed E-state index contributed by atoms with van der Waals surface area (Å²) in [5, 5.41) is 6.82. The lowest BCUT2D eigenvalue weighted by Crippen LogP contribution is -2.46. The Morgan fingerprint density at radius 1 is 1.13 bits per heavy atom. The second kappa shape index (κ2) is 11.5. The number of hydrogen-bond acceptors (Lipinski definition) is 6. The van der Waals surface area contributed by atoms with Crippen LogP contribution < -0.4 is 20.1 Å². The number of ether oxygens (including phenoxy) is 3. The van der Waals surface area contributed by atoms with Crippen molar-refractivity contribution in [2.45, 2.75) is 19.5 Å². The van der Waals surface area contributed by atoms with Crippen LogP contribution in [0.25, 0.3) is 0 Å². The van der Waals surface area contributed by atoms with Gasteiger partial charge < -0.3 is 24.8 Å². The van der Waals surface area contributed by atoms with E-state index in [1.165, 1.54) is 0 Å². The summed E-state index contributed by atoms with van der Waals surface area (Å²) in [6, 6.07) is 12.3. The third kappa shape index (κ3) is 6.32. The van der Waals surface area contributed by atoms with E-state index in [4.69, 9.17) is 14.2 Å². The van der Waals surface area contributed by atoms with Gasteiger partial charge in [-0.2, -0.15) is 0 Å². The topological polar surface area (TPSA) is 80.2 Å². The van der Waals surface area contributed by atoms with Crippen molar-refractivity contribution in [3.8, 4) is 11.5 Å². The SMILES string of the molecule is CN=C(NCc1cccc(C)n1)NCC(c1ccc(OC)c(OC)c1)N1CCOCC1. The molecule has 0 aliphatic carbocycles. The lowest BCUT2D eigenvalue weighted by atomic mass is 10.0. The first-order valence-corrected chi connectivity index (χ1v) is 10.6. The normalized spacial score (nSPS) is 15.9. The summed E-state index contributed by atoms with van der Waals surface area (Å²) in [6.45, 7) is 6.51. The van der Waals surface area contributed by atoms with Crippen molar-refractivity contribution in [3.05, 3.63) is 53.3 Å². The zero-order chi connectivity index (χ0) is 22.1. The molecule has 1 fully saturated rings. The van der Waals surface area contributed by atoms with Gasteiger partial charge in [0.25, 0.3) is 0 Å².